The zero-order valence-electron chi connectivity index (χ0n) is 18.5. The van der Waals surface area contributed by atoms with E-state index in [-0.39, 0.29) is 5.91 Å². The molecule has 1 heterocycles. The van der Waals surface area contributed by atoms with E-state index in [1.165, 1.54) is 10.5 Å². The number of carbonyl (C=O) groups excluding carboxylic acids is 1. The van der Waals surface area contributed by atoms with Crippen molar-refractivity contribution in [3.8, 4) is 5.75 Å². The summed E-state index contributed by atoms with van der Waals surface area (Å²) in [4.78, 5) is 21.2. The van der Waals surface area contributed by atoms with Crippen molar-refractivity contribution in [2.45, 2.75) is 31.7 Å². The molecule has 0 bridgehead atoms. The molecule has 0 N–H and O–H groups in total. The molecule has 0 aliphatic carbocycles. The van der Waals surface area contributed by atoms with Gasteiger partial charge in [0.05, 0.1) is 18.4 Å². The molecule has 0 saturated heterocycles. The predicted molar refractivity (Wildman–Crippen MR) is 135 cm³/mol. The Kier molecular flexibility index (Phi) is 7.12. The van der Waals surface area contributed by atoms with Gasteiger partial charge in [-0.15, -0.1) is 11.8 Å². The highest BCUT2D eigenvalue weighted by Crippen LogP contribution is 2.37. The highest BCUT2D eigenvalue weighted by atomic mass is 32.2. The first kappa shape index (κ1) is 22.4. The van der Waals surface area contributed by atoms with Gasteiger partial charge in [0.25, 0.3) is 0 Å². The van der Waals surface area contributed by atoms with E-state index in [1.807, 2.05) is 47.4 Å². The lowest BCUT2D eigenvalue weighted by atomic mass is 10.2. The molecule has 0 aliphatic heterocycles. The van der Waals surface area contributed by atoms with Crippen LogP contribution in [0, 0.1) is 13.8 Å². The van der Waals surface area contributed by atoms with E-state index >= 15 is 0 Å². The largest absolute Gasteiger partial charge is 0.494 e. The SMILES string of the molecule is COc1ccc(C)c2sc(N(Cc3ccccc3)C(=O)CCSc3ccc(C)cc3)nc12. The number of amides is 1. The summed E-state index contributed by atoms with van der Waals surface area (Å²) in [6.07, 6.45) is 0.442. The molecule has 1 amide bonds. The predicted octanol–water partition coefficient (Wildman–Crippen LogP) is 6.64. The molecule has 1 aromatic heterocycles. The van der Waals surface area contributed by atoms with Crippen LogP contribution >= 0.6 is 23.1 Å². The van der Waals surface area contributed by atoms with Gasteiger partial charge in [0.1, 0.15) is 11.3 Å². The lowest BCUT2D eigenvalue weighted by Gasteiger charge is -2.20. The maximum absolute atomic E-state index is 13.4. The van der Waals surface area contributed by atoms with Crippen LogP contribution in [-0.4, -0.2) is 23.8 Å². The normalized spacial score (nSPS) is 11.0. The van der Waals surface area contributed by atoms with E-state index in [9.17, 15) is 4.79 Å². The van der Waals surface area contributed by atoms with Crippen LogP contribution in [0.25, 0.3) is 10.2 Å². The second kappa shape index (κ2) is 10.2. The zero-order valence-corrected chi connectivity index (χ0v) is 20.1. The molecule has 6 heteroatoms. The molecule has 0 radical (unpaired) electrons. The fourth-order valence-electron chi connectivity index (χ4n) is 3.43. The van der Waals surface area contributed by atoms with Gasteiger partial charge in [-0.2, -0.15) is 0 Å². The van der Waals surface area contributed by atoms with Crippen molar-refractivity contribution >= 4 is 44.4 Å². The van der Waals surface area contributed by atoms with Gasteiger partial charge in [0.2, 0.25) is 5.91 Å². The van der Waals surface area contributed by atoms with E-state index in [0.29, 0.717) is 18.1 Å². The number of ether oxygens (including phenoxy) is 1. The average Bonchev–Trinajstić information content (AvgIpc) is 3.26. The molecule has 0 fully saturated rings. The summed E-state index contributed by atoms with van der Waals surface area (Å²) in [5.41, 5.74) is 4.26. The van der Waals surface area contributed by atoms with Gasteiger partial charge < -0.3 is 4.74 Å². The molecular weight excluding hydrogens is 436 g/mol. The zero-order chi connectivity index (χ0) is 22.5. The number of nitrogens with zero attached hydrogens (tertiary/aromatic N) is 2. The van der Waals surface area contributed by atoms with Crippen molar-refractivity contribution in [3.05, 3.63) is 83.4 Å². The van der Waals surface area contributed by atoms with Crippen molar-refractivity contribution in [1.29, 1.82) is 0 Å². The number of thiazole rings is 1. The molecule has 0 saturated carbocycles. The molecule has 0 spiro atoms. The number of rotatable bonds is 8. The molecule has 0 unspecified atom stereocenters. The van der Waals surface area contributed by atoms with E-state index in [1.54, 1.807) is 30.2 Å². The highest BCUT2D eigenvalue weighted by molar-refractivity contribution is 7.99. The first-order valence-electron chi connectivity index (χ1n) is 10.5. The number of carbonyl (C=O) groups is 1. The molecular formula is C26H26N2O2S2. The molecule has 0 atom stereocenters. The van der Waals surface area contributed by atoms with Crippen LogP contribution in [0.2, 0.25) is 0 Å². The second-order valence-corrected chi connectivity index (χ2v) is 9.78. The summed E-state index contributed by atoms with van der Waals surface area (Å²) in [6.45, 7) is 4.63. The van der Waals surface area contributed by atoms with Crippen LogP contribution < -0.4 is 9.64 Å². The Balaban J connectivity index is 1.58. The molecule has 0 aliphatic rings. The summed E-state index contributed by atoms with van der Waals surface area (Å²) in [5.74, 6) is 1.53. The number of aromatic nitrogens is 1. The highest BCUT2D eigenvalue weighted by Gasteiger charge is 2.22. The van der Waals surface area contributed by atoms with Crippen LogP contribution in [-0.2, 0) is 11.3 Å². The maximum atomic E-state index is 13.4. The van der Waals surface area contributed by atoms with E-state index in [2.05, 4.69) is 38.1 Å². The summed E-state index contributed by atoms with van der Waals surface area (Å²) in [7, 11) is 1.65. The summed E-state index contributed by atoms with van der Waals surface area (Å²) in [6, 6.07) is 22.4. The minimum atomic E-state index is 0.0733. The summed E-state index contributed by atoms with van der Waals surface area (Å²) in [5, 5.41) is 0.710. The van der Waals surface area contributed by atoms with Crippen LogP contribution in [0.15, 0.2) is 71.6 Å². The number of methoxy groups -OCH3 is 1. The summed E-state index contributed by atoms with van der Waals surface area (Å²) < 4.78 is 6.57. The maximum Gasteiger partial charge on any atom is 0.229 e. The molecule has 4 aromatic rings. The third kappa shape index (κ3) is 5.14. The summed E-state index contributed by atoms with van der Waals surface area (Å²) >= 11 is 3.25. The Morgan fingerprint density at radius 3 is 2.50 bits per heavy atom. The van der Waals surface area contributed by atoms with Gasteiger partial charge in [-0.25, -0.2) is 4.98 Å². The number of hydrogen-bond donors (Lipinski definition) is 0. The van der Waals surface area contributed by atoms with Gasteiger partial charge in [0.15, 0.2) is 5.13 Å². The second-order valence-electron chi connectivity index (χ2n) is 7.64. The van der Waals surface area contributed by atoms with Gasteiger partial charge in [-0.1, -0.05) is 65.4 Å². The van der Waals surface area contributed by atoms with Crippen molar-refractivity contribution in [1.82, 2.24) is 4.98 Å². The minimum absolute atomic E-state index is 0.0733. The van der Waals surface area contributed by atoms with Gasteiger partial charge in [0, 0.05) is 17.1 Å². The van der Waals surface area contributed by atoms with E-state index in [0.717, 1.165) is 32.8 Å². The Bertz CT molecular complexity index is 1200. The van der Waals surface area contributed by atoms with Crippen LogP contribution in [0.5, 0.6) is 5.75 Å². The lowest BCUT2D eigenvalue weighted by molar-refractivity contribution is -0.118. The average molecular weight is 463 g/mol. The third-order valence-electron chi connectivity index (χ3n) is 5.23. The topological polar surface area (TPSA) is 42.4 Å². The fraction of sp³-hybridized carbons (Fsp3) is 0.231. The van der Waals surface area contributed by atoms with Crippen LogP contribution in [0.4, 0.5) is 5.13 Å². The molecule has 3 aromatic carbocycles. The fourth-order valence-corrected chi connectivity index (χ4v) is 5.34. The van der Waals surface area contributed by atoms with Crippen LogP contribution in [0.1, 0.15) is 23.1 Å². The Morgan fingerprint density at radius 1 is 1.03 bits per heavy atom. The minimum Gasteiger partial charge on any atom is -0.494 e. The van der Waals surface area contributed by atoms with Gasteiger partial charge >= 0.3 is 0 Å². The first-order chi connectivity index (χ1) is 15.5. The monoisotopic (exact) mass is 462 g/mol. The smallest absolute Gasteiger partial charge is 0.229 e. The first-order valence-corrected chi connectivity index (χ1v) is 12.3. The number of fused-ring (bicyclic) bond motifs is 1. The molecule has 32 heavy (non-hydrogen) atoms. The molecule has 164 valence electrons. The van der Waals surface area contributed by atoms with E-state index in [4.69, 9.17) is 9.72 Å². The third-order valence-corrected chi connectivity index (χ3v) is 7.46. The lowest BCUT2D eigenvalue weighted by Crippen LogP contribution is -2.30. The van der Waals surface area contributed by atoms with Crippen molar-refractivity contribution in [2.75, 3.05) is 17.8 Å². The standard InChI is InChI=1S/C26H26N2O2S2/c1-18-9-12-21(13-10-18)31-16-15-23(29)28(17-20-7-5-4-6-8-20)26-27-24-22(30-3)14-11-19(2)25(24)32-26/h4-14H,15-17H2,1-3H3. The number of hydrogen-bond acceptors (Lipinski definition) is 5. The van der Waals surface area contributed by atoms with Gasteiger partial charge in [-0.3, -0.25) is 9.69 Å². The van der Waals surface area contributed by atoms with E-state index < -0.39 is 0 Å². The quantitative estimate of drug-likeness (QED) is 0.275. The molecule has 4 rings (SSSR count). The number of benzene rings is 3. The molecule has 4 nitrogen and oxygen atoms in total. The van der Waals surface area contributed by atoms with Gasteiger partial charge in [-0.05, 0) is 43.2 Å². The Morgan fingerprint density at radius 2 is 1.78 bits per heavy atom. The van der Waals surface area contributed by atoms with Crippen LogP contribution in [0.3, 0.4) is 0 Å². The van der Waals surface area contributed by atoms with Crippen molar-refractivity contribution in [2.24, 2.45) is 0 Å². The Labute approximate surface area is 197 Å². The number of aryl methyl sites for hydroxylation is 2. The Hall–Kier alpha value is -2.83. The van der Waals surface area contributed by atoms with Crippen molar-refractivity contribution < 1.29 is 9.53 Å². The number of thioether (sulfide) groups is 1. The van der Waals surface area contributed by atoms with Crippen molar-refractivity contribution in [3.63, 3.8) is 0 Å². The number of anilines is 1.